The number of hydrogen-bond donors (Lipinski definition) is 6. The number of para-hydroxylation sites is 2. The Hall–Kier alpha value is -3.40. The molecule has 14 heteroatoms. The van der Waals surface area contributed by atoms with Gasteiger partial charge >= 0.3 is 59.1 Å². The van der Waals surface area contributed by atoms with Gasteiger partial charge in [0.25, 0.3) is 0 Å². The first kappa shape index (κ1) is 43.3. The van der Waals surface area contributed by atoms with E-state index < -0.39 is 0 Å². The monoisotopic (exact) mass is 780 g/mol. The molecule has 272 valence electrons. The van der Waals surface area contributed by atoms with Crippen molar-refractivity contribution in [2.75, 3.05) is 61.9 Å². The molecule has 0 saturated heterocycles. The van der Waals surface area contributed by atoms with E-state index in [1.54, 1.807) is 23.9 Å². The Labute approximate surface area is 374 Å². The summed E-state index contributed by atoms with van der Waals surface area (Å²) in [4.78, 5) is 4.05. The number of nitrogens with one attached hydrogen (secondary N) is 4. The first-order valence-corrected chi connectivity index (χ1v) is 18.5. The molecular weight excluding hydrogens is 735 g/mol. The van der Waals surface area contributed by atoms with Gasteiger partial charge in [0.05, 0.1) is 58.4 Å². The number of allylic oxidation sites excluding steroid dienone is 2. The molecule has 10 nitrogen and oxygen atoms in total. The molecule has 6 N–H and O–H groups in total. The second-order valence-corrected chi connectivity index (χ2v) is 14.1. The van der Waals surface area contributed by atoms with Crippen LogP contribution in [0.25, 0.3) is 12.2 Å². The van der Waals surface area contributed by atoms with Gasteiger partial charge in [-0.05, 0) is 71.8 Å². The number of aliphatic hydroxyl groups excluding tert-OH is 2. The van der Waals surface area contributed by atoms with E-state index in [1.807, 2.05) is 106 Å². The molecule has 0 aliphatic carbocycles. The molecule has 0 spiro atoms. The van der Waals surface area contributed by atoms with Gasteiger partial charge in [-0.25, -0.2) is 8.83 Å². The maximum absolute atomic E-state index is 9.51. The van der Waals surface area contributed by atoms with Crippen LogP contribution in [0.5, 0.6) is 0 Å². The summed E-state index contributed by atoms with van der Waals surface area (Å²) in [6.45, 7) is 1.22. The van der Waals surface area contributed by atoms with Gasteiger partial charge in [-0.2, -0.15) is 0 Å². The van der Waals surface area contributed by atoms with E-state index >= 15 is 0 Å². The van der Waals surface area contributed by atoms with Crippen molar-refractivity contribution in [3.63, 3.8) is 0 Å². The number of nitrogens with zero attached hydrogens (tertiary/aromatic N) is 4. The molecule has 0 atom stereocenters. The molecule has 0 amide bonds. The number of hydrazine groups is 2. The van der Waals surface area contributed by atoms with Crippen LogP contribution in [0.4, 0.5) is 22.7 Å². The number of likely N-dealkylation sites (N-methyl/N-ethyl adjacent to an activating group) is 2. The van der Waals surface area contributed by atoms with Gasteiger partial charge in [-0.15, -0.1) is 0 Å². The molecule has 2 aliphatic rings. The van der Waals surface area contributed by atoms with E-state index in [-0.39, 0.29) is 75.2 Å². The molecule has 0 saturated carbocycles. The minimum atomic E-state index is 0. The van der Waals surface area contributed by atoms with Crippen LogP contribution in [0.2, 0.25) is 0 Å². The van der Waals surface area contributed by atoms with E-state index in [1.165, 1.54) is 0 Å². The number of anilines is 4. The fourth-order valence-corrected chi connectivity index (χ4v) is 6.94. The zero-order chi connectivity index (χ0) is 36.1. The van der Waals surface area contributed by atoms with Crippen LogP contribution in [0, 0.1) is 0 Å². The minimum absolute atomic E-state index is 0. The summed E-state index contributed by atoms with van der Waals surface area (Å²) in [5.41, 5.74) is 14.9. The molecule has 2 heterocycles. The molecule has 4 aromatic rings. The molecule has 6 rings (SSSR count). The number of rotatable bonds is 16. The van der Waals surface area contributed by atoms with Crippen LogP contribution in [0.1, 0.15) is 14.0 Å². The van der Waals surface area contributed by atoms with Crippen LogP contribution >= 0.6 is 23.9 Å². The largest absolute Gasteiger partial charge is 1.00 e. The van der Waals surface area contributed by atoms with Crippen molar-refractivity contribution in [2.45, 2.75) is 0 Å². The average Bonchev–Trinajstić information content (AvgIpc) is 3.16. The summed E-state index contributed by atoms with van der Waals surface area (Å²) in [6, 6.07) is 36.8. The zero-order valence-corrected chi connectivity index (χ0v) is 36.8. The predicted molar refractivity (Wildman–Crippen MR) is 222 cm³/mol. The quantitative estimate of drug-likeness (QED) is 0.0572. The summed E-state index contributed by atoms with van der Waals surface area (Å²) < 4.78 is 3.93. The van der Waals surface area contributed by atoms with E-state index in [9.17, 15) is 10.2 Å². The second kappa shape index (κ2) is 22.2. The number of hydrogen-bond acceptors (Lipinski definition) is 12. The van der Waals surface area contributed by atoms with E-state index in [2.05, 4.69) is 94.3 Å². The molecular formula is C40H46N8Na2O2S2. The van der Waals surface area contributed by atoms with Crippen molar-refractivity contribution < 1.29 is 72.2 Å². The Morgan fingerprint density at radius 2 is 0.926 bits per heavy atom. The van der Waals surface area contributed by atoms with E-state index in [4.69, 9.17) is 0 Å². The number of aliphatic hydroxyl groups is 2. The molecule has 54 heavy (non-hydrogen) atoms. The van der Waals surface area contributed by atoms with Crippen LogP contribution in [-0.4, -0.2) is 69.2 Å². The van der Waals surface area contributed by atoms with Gasteiger partial charge in [0.1, 0.15) is 0 Å². The fraction of sp³-hybridized carbons (Fsp3) is 0.150. The summed E-state index contributed by atoms with van der Waals surface area (Å²) in [6.07, 6.45) is 12.4. The van der Waals surface area contributed by atoms with Gasteiger partial charge in [-0.3, -0.25) is 10.9 Å². The standard InChI is InChI=1S/C40H44N8O2S2.2Na.2H/c1-45(23-25-49)37-27-39(51-47(29-37)43-35-9-5-3-6-10-35)41-33-19-15-31(16-20-33)13-14-32-17-21-34(22-18-32)42-40-28-38(46(2)24-26-50)30-48(52-40)44-36-11-7-4-8-12-36;;;;/h3-22,27-30,41-44,49-50H,23-26H2,1-2H3;;;;/q;2*+1;2*-1. The van der Waals surface area contributed by atoms with Crippen molar-refractivity contribution in [2.24, 2.45) is 0 Å². The number of benzene rings is 4. The topological polar surface area (TPSA) is 102 Å². The molecule has 4 aromatic carbocycles. The maximum Gasteiger partial charge on any atom is 1.00 e. The van der Waals surface area contributed by atoms with Gasteiger partial charge in [0.15, 0.2) is 0 Å². The van der Waals surface area contributed by atoms with Crippen molar-refractivity contribution in [1.82, 2.24) is 18.6 Å². The molecule has 0 aromatic heterocycles. The SMILES string of the molecule is CN(CCO)C1=CN(Nc2ccccc2)SC(Nc2ccc(C=Cc3ccc(NC4=CC(N(C)CCO)=CN(Nc5ccccc5)S4)cc3)cc2)=C1.[H-].[H-].[Na+].[Na+]. The fourth-order valence-electron chi connectivity index (χ4n) is 5.22. The predicted octanol–water partition coefficient (Wildman–Crippen LogP) is 2.11. The van der Waals surface area contributed by atoms with Crippen LogP contribution < -0.4 is 80.6 Å². The smallest absolute Gasteiger partial charge is 1.00 e. The first-order chi connectivity index (χ1) is 25.4. The van der Waals surface area contributed by atoms with Crippen molar-refractivity contribution in [3.8, 4) is 0 Å². The Balaban J connectivity index is 0.00000271. The van der Waals surface area contributed by atoms with Gasteiger partial charge in [0.2, 0.25) is 0 Å². The molecule has 0 radical (unpaired) electrons. The first-order valence-electron chi connectivity index (χ1n) is 17.0. The summed E-state index contributed by atoms with van der Waals surface area (Å²) in [7, 11) is 3.94. The van der Waals surface area contributed by atoms with Crippen molar-refractivity contribution in [3.05, 3.63) is 166 Å². The third kappa shape index (κ3) is 13.1. The maximum atomic E-state index is 9.51. The Morgan fingerprint density at radius 1 is 0.556 bits per heavy atom. The Morgan fingerprint density at radius 3 is 1.28 bits per heavy atom. The normalized spacial score (nSPS) is 13.7. The second-order valence-electron chi connectivity index (χ2n) is 12.0. The van der Waals surface area contributed by atoms with Gasteiger partial charge in [0, 0.05) is 62.5 Å². The van der Waals surface area contributed by atoms with E-state index in [0.29, 0.717) is 13.1 Å². The molecule has 0 fully saturated rings. The van der Waals surface area contributed by atoms with Crippen molar-refractivity contribution >= 4 is 58.8 Å². The summed E-state index contributed by atoms with van der Waals surface area (Å²) in [5.74, 6) is 0. The molecule has 2 aliphatic heterocycles. The molecule has 0 unspecified atom stereocenters. The zero-order valence-electron chi connectivity index (χ0n) is 33.2. The third-order valence-corrected chi connectivity index (χ3v) is 9.67. The third-order valence-electron chi connectivity index (χ3n) is 8.05. The Bertz CT molecular complexity index is 1790. The van der Waals surface area contributed by atoms with Crippen LogP contribution in [-0.2, 0) is 0 Å². The van der Waals surface area contributed by atoms with Gasteiger partial charge < -0.3 is 33.5 Å². The van der Waals surface area contributed by atoms with Crippen LogP contribution in [0.15, 0.2) is 155 Å². The average molecular weight is 781 g/mol. The molecule has 0 bridgehead atoms. The van der Waals surface area contributed by atoms with E-state index in [0.717, 1.165) is 55.3 Å². The van der Waals surface area contributed by atoms with Crippen LogP contribution in [0.3, 0.4) is 0 Å². The van der Waals surface area contributed by atoms with Gasteiger partial charge in [-0.1, -0.05) is 72.8 Å². The minimum Gasteiger partial charge on any atom is -1.00 e. The Kier molecular flexibility index (Phi) is 17.8. The van der Waals surface area contributed by atoms with Crippen molar-refractivity contribution in [1.29, 1.82) is 0 Å². The summed E-state index contributed by atoms with van der Waals surface area (Å²) in [5, 5.41) is 28.0. The summed E-state index contributed by atoms with van der Waals surface area (Å²) >= 11 is 3.10.